The largest absolute Gasteiger partial charge is 0.351 e. The highest BCUT2D eigenvalue weighted by molar-refractivity contribution is 7.11. The molecule has 86 valence electrons. The molecule has 0 aliphatic carbocycles. The molecule has 0 unspecified atom stereocenters. The number of nitrogens with one attached hydrogen (secondary N) is 1. The monoisotopic (exact) mass is 236 g/mol. The molecule has 2 rings (SSSR count). The minimum Gasteiger partial charge on any atom is -0.351 e. The van der Waals surface area contributed by atoms with Crippen LogP contribution in [-0.4, -0.2) is 14.5 Å². The second-order valence-electron chi connectivity index (χ2n) is 3.69. The normalized spacial score (nSPS) is 10.7. The van der Waals surface area contributed by atoms with E-state index in [1.165, 1.54) is 4.88 Å². The molecule has 0 saturated carbocycles. The van der Waals surface area contributed by atoms with Crippen LogP contribution in [0.4, 0.5) is 5.95 Å². The summed E-state index contributed by atoms with van der Waals surface area (Å²) < 4.78 is 2.11. The maximum absolute atomic E-state index is 4.44. The zero-order valence-corrected chi connectivity index (χ0v) is 10.6. The lowest BCUT2D eigenvalue weighted by atomic mass is 10.5. The lowest BCUT2D eigenvalue weighted by molar-refractivity contribution is 0.763. The molecule has 0 fully saturated rings. The van der Waals surface area contributed by atoms with E-state index >= 15 is 0 Å². The molecule has 0 aliphatic rings. The number of imidazole rings is 1. The first kappa shape index (κ1) is 11.1. The first-order chi connectivity index (χ1) is 7.69. The van der Waals surface area contributed by atoms with Crippen molar-refractivity contribution in [2.45, 2.75) is 33.9 Å². The van der Waals surface area contributed by atoms with Gasteiger partial charge in [-0.25, -0.2) is 9.97 Å². The topological polar surface area (TPSA) is 42.7 Å². The maximum atomic E-state index is 4.44. The Labute approximate surface area is 99.4 Å². The summed E-state index contributed by atoms with van der Waals surface area (Å²) in [5, 5.41) is 4.44. The number of anilines is 1. The van der Waals surface area contributed by atoms with Crippen LogP contribution in [0.3, 0.4) is 0 Å². The first-order valence-corrected chi connectivity index (χ1v) is 6.19. The van der Waals surface area contributed by atoms with Crippen molar-refractivity contribution < 1.29 is 0 Å². The summed E-state index contributed by atoms with van der Waals surface area (Å²) in [7, 11) is 0. The van der Waals surface area contributed by atoms with E-state index in [1.54, 1.807) is 11.3 Å². The predicted octanol–water partition coefficient (Wildman–Crippen LogP) is 2.59. The van der Waals surface area contributed by atoms with E-state index in [2.05, 4.69) is 33.0 Å². The number of rotatable bonds is 4. The van der Waals surface area contributed by atoms with E-state index in [4.69, 9.17) is 0 Å². The van der Waals surface area contributed by atoms with Gasteiger partial charge in [0.25, 0.3) is 0 Å². The molecule has 2 heterocycles. The van der Waals surface area contributed by atoms with Gasteiger partial charge in [-0.2, -0.15) is 0 Å². The van der Waals surface area contributed by atoms with Gasteiger partial charge < -0.3 is 9.88 Å². The molecule has 0 bridgehead atoms. The summed E-state index contributed by atoms with van der Waals surface area (Å²) in [4.78, 5) is 9.90. The Bertz CT molecular complexity index is 472. The van der Waals surface area contributed by atoms with Gasteiger partial charge in [0.15, 0.2) is 0 Å². The minimum absolute atomic E-state index is 0.794. The van der Waals surface area contributed by atoms with Crippen molar-refractivity contribution in [2.75, 3.05) is 5.32 Å². The molecule has 16 heavy (non-hydrogen) atoms. The standard InChI is InChI=1S/C11H16N4S/c1-4-15-7-8(2)14-11(15)13-6-10-5-12-9(3)16-10/h5,7H,4,6H2,1-3H3,(H,13,14). The zero-order valence-electron chi connectivity index (χ0n) is 9.82. The fraction of sp³-hybridized carbons (Fsp3) is 0.455. The third-order valence-electron chi connectivity index (χ3n) is 2.33. The predicted molar refractivity (Wildman–Crippen MR) is 66.8 cm³/mol. The highest BCUT2D eigenvalue weighted by Gasteiger charge is 2.04. The number of aromatic nitrogens is 3. The van der Waals surface area contributed by atoms with Crippen LogP contribution in [-0.2, 0) is 13.1 Å². The molecule has 0 radical (unpaired) electrons. The molecule has 0 spiro atoms. The summed E-state index contributed by atoms with van der Waals surface area (Å²) in [6, 6.07) is 0. The van der Waals surface area contributed by atoms with Crippen molar-refractivity contribution in [3.63, 3.8) is 0 Å². The van der Waals surface area contributed by atoms with Crippen molar-refractivity contribution >= 4 is 17.3 Å². The number of hydrogen-bond donors (Lipinski definition) is 1. The smallest absolute Gasteiger partial charge is 0.203 e. The van der Waals surface area contributed by atoms with Gasteiger partial charge in [-0.1, -0.05) is 0 Å². The van der Waals surface area contributed by atoms with Crippen molar-refractivity contribution in [3.05, 3.63) is 28.0 Å². The molecule has 2 aromatic rings. The Balaban J connectivity index is 2.04. The first-order valence-electron chi connectivity index (χ1n) is 5.38. The van der Waals surface area contributed by atoms with Crippen molar-refractivity contribution in [3.8, 4) is 0 Å². The Morgan fingerprint density at radius 3 is 2.88 bits per heavy atom. The van der Waals surface area contributed by atoms with Crippen LogP contribution in [0.1, 0.15) is 22.5 Å². The number of thiazole rings is 1. The summed E-state index contributed by atoms with van der Waals surface area (Å²) in [6.45, 7) is 7.87. The quantitative estimate of drug-likeness (QED) is 0.887. The van der Waals surface area contributed by atoms with Crippen LogP contribution in [0.15, 0.2) is 12.4 Å². The number of nitrogens with zero attached hydrogens (tertiary/aromatic N) is 3. The third-order valence-corrected chi connectivity index (χ3v) is 3.24. The Kier molecular flexibility index (Phi) is 3.24. The van der Waals surface area contributed by atoms with E-state index in [0.29, 0.717) is 0 Å². The Morgan fingerprint density at radius 1 is 1.44 bits per heavy atom. The van der Waals surface area contributed by atoms with Gasteiger partial charge >= 0.3 is 0 Å². The SMILES string of the molecule is CCn1cc(C)nc1NCc1cnc(C)s1. The lowest BCUT2D eigenvalue weighted by Gasteiger charge is -2.05. The summed E-state index contributed by atoms with van der Waals surface area (Å²) in [6.07, 6.45) is 3.97. The molecule has 1 N–H and O–H groups in total. The maximum Gasteiger partial charge on any atom is 0.203 e. The molecular weight excluding hydrogens is 220 g/mol. The number of aryl methyl sites for hydroxylation is 3. The van der Waals surface area contributed by atoms with Gasteiger partial charge in [-0.3, -0.25) is 0 Å². The van der Waals surface area contributed by atoms with E-state index in [1.807, 2.05) is 20.0 Å². The van der Waals surface area contributed by atoms with Gasteiger partial charge in [-0.15, -0.1) is 11.3 Å². The van der Waals surface area contributed by atoms with E-state index < -0.39 is 0 Å². The zero-order chi connectivity index (χ0) is 11.5. The molecular formula is C11H16N4S. The Morgan fingerprint density at radius 2 is 2.25 bits per heavy atom. The lowest BCUT2D eigenvalue weighted by Crippen LogP contribution is -2.05. The molecule has 0 aliphatic heterocycles. The summed E-state index contributed by atoms with van der Waals surface area (Å²) in [5.41, 5.74) is 1.05. The van der Waals surface area contributed by atoms with Crippen molar-refractivity contribution in [1.29, 1.82) is 0 Å². The molecule has 5 heteroatoms. The van der Waals surface area contributed by atoms with Gasteiger partial charge in [0, 0.05) is 23.8 Å². The molecule has 0 amide bonds. The highest BCUT2D eigenvalue weighted by atomic mass is 32.1. The van der Waals surface area contributed by atoms with E-state index in [-0.39, 0.29) is 0 Å². The molecule has 0 atom stereocenters. The second kappa shape index (κ2) is 4.65. The van der Waals surface area contributed by atoms with E-state index in [0.717, 1.165) is 29.7 Å². The van der Waals surface area contributed by atoms with Gasteiger partial charge in [0.2, 0.25) is 5.95 Å². The highest BCUT2D eigenvalue weighted by Crippen LogP contribution is 2.14. The molecule has 0 saturated heterocycles. The van der Waals surface area contributed by atoms with Crippen LogP contribution in [0.2, 0.25) is 0 Å². The third kappa shape index (κ3) is 2.41. The molecule has 0 aromatic carbocycles. The van der Waals surface area contributed by atoms with Gasteiger partial charge in [-0.05, 0) is 20.8 Å². The summed E-state index contributed by atoms with van der Waals surface area (Å²) >= 11 is 1.72. The van der Waals surface area contributed by atoms with Crippen LogP contribution in [0.5, 0.6) is 0 Å². The van der Waals surface area contributed by atoms with Crippen LogP contribution in [0.25, 0.3) is 0 Å². The minimum atomic E-state index is 0.794. The van der Waals surface area contributed by atoms with Crippen LogP contribution in [0, 0.1) is 13.8 Å². The van der Waals surface area contributed by atoms with Gasteiger partial charge in [0.05, 0.1) is 17.2 Å². The summed E-state index contributed by atoms with van der Waals surface area (Å²) in [5.74, 6) is 0.936. The number of hydrogen-bond acceptors (Lipinski definition) is 4. The second-order valence-corrected chi connectivity index (χ2v) is 5.01. The van der Waals surface area contributed by atoms with Crippen molar-refractivity contribution in [1.82, 2.24) is 14.5 Å². The molecule has 4 nitrogen and oxygen atoms in total. The van der Waals surface area contributed by atoms with Crippen molar-refractivity contribution in [2.24, 2.45) is 0 Å². The van der Waals surface area contributed by atoms with Gasteiger partial charge in [0.1, 0.15) is 0 Å². The van der Waals surface area contributed by atoms with Crippen LogP contribution >= 0.6 is 11.3 Å². The average molecular weight is 236 g/mol. The Hall–Kier alpha value is -1.36. The fourth-order valence-electron chi connectivity index (χ4n) is 1.58. The molecule has 2 aromatic heterocycles. The average Bonchev–Trinajstić information content (AvgIpc) is 2.81. The van der Waals surface area contributed by atoms with Crippen LogP contribution < -0.4 is 5.32 Å². The van der Waals surface area contributed by atoms with E-state index in [9.17, 15) is 0 Å². The fourth-order valence-corrected chi connectivity index (χ4v) is 2.32.